The normalized spacial score (nSPS) is 42.9. The maximum atomic E-state index is 11.4. The standard InChI is InChI=1S/C11H17NO3/c1-14-10(13)12-5-4-11-3-2-9(15-11)6-8(11)7-12/h8-9H,2-7H2,1H3/t8-,9-,11-/m0/s1. The number of likely N-dealkylation sites (tertiary alicyclic amines) is 1. The Balaban J connectivity index is 1.73. The highest BCUT2D eigenvalue weighted by Gasteiger charge is 2.55. The molecule has 4 heteroatoms. The monoisotopic (exact) mass is 211 g/mol. The third-order valence-corrected chi connectivity index (χ3v) is 4.26. The molecule has 0 aromatic rings. The van der Waals surface area contributed by atoms with Gasteiger partial charge < -0.3 is 14.4 Å². The van der Waals surface area contributed by atoms with E-state index in [1.165, 1.54) is 20.0 Å². The zero-order valence-electron chi connectivity index (χ0n) is 9.07. The third-order valence-electron chi connectivity index (χ3n) is 4.26. The van der Waals surface area contributed by atoms with Crippen LogP contribution in [0.1, 0.15) is 25.7 Å². The van der Waals surface area contributed by atoms with Crippen LogP contribution < -0.4 is 0 Å². The van der Waals surface area contributed by atoms with Crippen molar-refractivity contribution in [3.8, 4) is 0 Å². The third kappa shape index (κ3) is 1.27. The molecule has 84 valence electrons. The molecule has 3 saturated heterocycles. The van der Waals surface area contributed by atoms with Gasteiger partial charge in [0.15, 0.2) is 0 Å². The summed E-state index contributed by atoms with van der Waals surface area (Å²) < 4.78 is 10.8. The largest absolute Gasteiger partial charge is 0.453 e. The first kappa shape index (κ1) is 9.46. The Kier molecular flexibility index (Phi) is 1.96. The molecule has 3 aliphatic rings. The number of hydrogen-bond donors (Lipinski definition) is 0. The quantitative estimate of drug-likeness (QED) is 0.608. The Morgan fingerprint density at radius 2 is 2.40 bits per heavy atom. The van der Waals surface area contributed by atoms with Gasteiger partial charge in [-0.25, -0.2) is 4.79 Å². The van der Waals surface area contributed by atoms with Crippen LogP contribution in [0.15, 0.2) is 0 Å². The molecule has 1 spiro atoms. The second-order valence-corrected chi connectivity index (χ2v) is 4.94. The van der Waals surface area contributed by atoms with Crippen LogP contribution in [0.2, 0.25) is 0 Å². The van der Waals surface area contributed by atoms with Gasteiger partial charge in [-0.15, -0.1) is 0 Å². The van der Waals surface area contributed by atoms with Gasteiger partial charge in [0.25, 0.3) is 0 Å². The molecule has 15 heavy (non-hydrogen) atoms. The summed E-state index contributed by atoms with van der Waals surface area (Å²) in [6.07, 6.45) is 4.81. The number of amides is 1. The van der Waals surface area contributed by atoms with E-state index >= 15 is 0 Å². The fourth-order valence-electron chi connectivity index (χ4n) is 3.46. The SMILES string of the molecule is COC(=O)N1CC[C@@]23CC[C@@H](C[C@H]2C1)O3. The smallest absolute Gasteiger partial charge is 0.409 e. The molecule has 0 aromatic heterocycles. The molecule has 3 aliphatic heterocycles. The molecule has 3 atom stereocenters. The molecular formula is C11H17NO3. The fourth-order valence-corrected chi connectivity index (χ4v) is 3.46. The maximum Gasteiger partial charge on any atom is 0.409 e. The molecule has 3 heterocycles. The Morgan fingerprint density at radius 3 is 3.13 bits per heavy atom. The van der Waals surface area contributed by atoms with Gasteiger partial charge in [-0.1, -0.05) is 0 Å². The van der Waals surface area contributed by atoms with Crippen molar-refractivity contribution in [3.63, 3.8) is 0 Å². The highest BCUT2D eigenvalue weighted by atomic mass is 16.5. The topological polar surface area (TPSA) is 38.8 Å². The number of nitrogens with zero attached hydrogens (tertiary/aromatic N) is 1. The molecule has 0 radical (unpaired) electrons. The van der Waals surface area contributed by atoms with E-state index in [9.17, 15) is 4.79 Å². The van der Waals surface area contributed by atoms with Gasteiger partial charge >= 0.3 is 6.09 Å². The molecule has 2 bridgehead atoms. The van der Waals surface area contributed by atoms with Crippen LogP contribution in [-0.4, -0.2) is 42.9 Å². The van der Waals surface area contributed by atoms with Crippen molar-refractivity contribution in [2.45, 2.75) is 37.4 Å². The van der Waals surface area contributed by atoms with E-state index in [-0.39, 0.29) is 11.7 Å². The molecule has 0 unspecified atom stereocenters. The summed E-state index contributed by atoms with van der Waals surface area (Å²) in [5.41, 5.74) is 0.120. The number of piperidine rings is 1. The minimum atomic E-state index is -0.187. The van der Waals surface area contributed by atoms with Gasteiger partial charge in [-0.2, -0.15) is 0 Å². The van der Waals surface area contributed by atoms with Crippen LogP contribution in [0.3, 0.4) is 0 Å². The van der Waals surface area contributed by atoms with E-state index in [1.807, 2.05) is 4.90 Å². The molecule has 3 fully saturated rings. The Hall–Kier alpha value is -0.770. The average molecular weight is 211 g/mol. The van der Waals surface area contributed by atoms with Crippen molar-refractivity contribution in [1.29, 1.82) is 0 Å². The minimum absolute atomic E-state index is 0.120. The maximum absolute atomic E-state index is 11.4. The van der Waals surface area contributed by atoms with E-state index < -0.39 is 0 Å². The van der Waals surface area contributed by atoms with Crippen LogP contribution in [-0.2, 0) is 9.47 Å². The molecule has 0 aliphatic carbocycles. The summed E-state index contributed by atoms with van der Waals surface area (Å²) in [4.78, 5) is 13.2. The zero-order chi connectivity index (χ0) is 10.5. The van der Waals surface area contributed by atoms with Crippen LogP contribution in [0.25, 0.3) is 0 Å². The van der Waals surface area contributed by atoms with Crippen molar-refractivity contribution < 1.29 is 14.3 Å². The minimum Gasteiger partial charge on any atom is -0.453 e. The number of fused-ring (bicyclic) bond motifs is 1. The summed E-state index contributed by atoms with van der Waals surface area (Å²) in [6, 6.07) is 0. The first-order chi connectivity index (χ1) is 7.23. The van der Waals surface area contributed by atoms with Crippen molar-refractivity contribution in [1.82, 2.24) is 4.90 Å². The number of rotatable bonds is 0. The van der Waals surface area contributed by atoms with Crippen LogP contribution >= 0.6 is 0 Å². The van der Waals surface area contributed by atoms with E-state index in [4.69, 9.17) is 9.47 Å². The average Bonchev–Trinajstić information content (AvgIpc) is 2.82. The molecule has 1 amide bonds. The predicted octanol–water partition coefficient (Wildman–Crippen LogP) is 1.40. The lowest BCUT2D eigenvalue weighted by Gasteiger charge is -2.41. The Bertz CT molecular complexity index is 294. The van der Waals surface area contributed by atoms with E-state index in [0.717, 1.165) is 25.9 Å². The number of carbonyl (C=O) groups excluding carboxylic acids is 1. The Morgan fingerprint density at radius 1 is 1.53 bits per heavy atom. The summed E-state index contributed by atoms with van der Waals surface area (Å²) in [6.45, 7) is 1.61. The Labute approximate surface area is 89.5 Å². The summed E-state index contributed by atoms with van der Waals surface area (Å²) in [7, 11) is 1.45. The van der Waals surface area contributed by atoms with Gasteiger partial charge in [0.1, 0.15) is 0 Å². The van der Waals surface area contributed by atoms with Crippen molar-refractivity contribution in [2.24, 2.45) is 5.92 Å². The molecule has 0 aromatic carbocycles. The van der Waals surface area contributed by atoms with Crippen LogP contribution in [0.4, 0.5) is 4.79 Å². The van der Waals surface area contributed by atoms with Crippen molar-refractivity contribution in [3.05, 3.63) is 0 Å². The van der Waals surface area contributed by atoms with E-state index in [1.54, 1.807) is 0 Å². The van der Waals surface area contributed by atoms with Crippen LogP contribution in [0, 0.1) is 5.92 Å². The first-order valence-corrected chi connectivity index (χ1v) is 5.74. The molecule has 0 saturated carbocycles. The lowest BCUT2D eigenvalue weighted by molar-refractivity contribution is -0.0470. The van der Waals surface area contributed by atoms with Gasteiger partial charge in [-0.05, 0) is 25.7 Å². The molecular weight excluding hydrogens is 194 g/mol. The van der Waals surface area contributed by atoms with E-state index in [2.05, 4.69) is 0 Å². The van der Waals surface area contributed by atoms with Gasteiger partial charge in [0, 0.05) is 19.0 Å². The van der Waals surface area contributed by atoms with Crippen LogP contribution in [0.5, 0.6) is 0 Å². The highest BCUT2D eigenvalue weighted by Crippen LogP contribution is 2.51. The lowest BCUT2D eigenvalue weighted by atomic mass is 9.74. The number of carbonyl (C=O) groups is 1. The summed E-state index contributed by atoms with van der Waals surface area (Å²) in [5.74, 6) is 0.545. The fraction of sp³-hybridized carbons (Fsp3) is 0.909. The predicted molar refractivity (Wildman–Crippen MR) is 53.5 cm³/mol. The van der Waals surface area contributed by atoms with E-state index in [0.29, 0.717) is 12.0 Å². The van der Waals surface area contributed by atoms with Gasteiger partial charge in [0.05, 0.1) is 18.8 Å². The van der Waals surface area contributed by atoms with Gasteiger partial charge in [0.2, 0.25) is 0 Å². The first-order valence-electron chi connectivity index (χ1n) is 5.74. The van der Waals surface area contributed by atoms with Crippen molar-refractivity contribution in [2.75, 3.05) is 20.2 Å². The van der Waals surface area contributed by atoms with Crippen molar-refractivity contribution >= 4 is 6.09 Å². The second-order valence-electron chi connectivity index (χ2n) is 4.94. The number of ether oxygens (including phenoxy) is 2. The summed E-state index contributed by atoms with van der Waals surface area (Å²) in [5, 5.41) is 0. The zero-order valence-corrected chi connectivity index (χ0v) is 9.07. The number of methoxy groups -OCH3 is 1. The molecule has 0 N–H and O–H groups in total. The number of hydrogen-bond acceptors (Lipinski definition) is 3. The summed E-state index contributed by atoms with van der Waals surface area (Å²) >= 11 is 0. The van der Waals surface area contributed by atoms with Gasteiger partial charge in [-0.3, -0.25) is 0 Å². The highest BCUT2D eigenvalue weighted by molar-refractivity contribution is 5.67. The lowest BCUT2D eigenvalue weighted by Crippen LogP contribution is -2.51. The second kappa shape index (κ2) is 3.11. The molecule has 3 rings (SSSR count). The molecule has 4 nitrogen and oxygen atoms in total.